The molecule has 6 heteroatoms. The maximum atomic E-state index is 13.2. The van der Waals surface area contributed by atoms with E-state index in [0.717, 1.165) is 40.8 Å². The highest BCUT2D eigenvalue weighted by Gasteiger charge is 2.48. The minimum Gasteiger partial charge on any atom is -0.493 e. The van der Waals surface area contributed by atoms with Gasteiger partial charge in [0, 0.05) is 24.1 Å². The Bertz CT molecular complexity index is 925. The van der Waals surface area contributed by atoms with Gasteiger partial charge in [-0.3, -0.25) is 4.79 Å². The zero-order chi connectivity index (χ0) is 19.4. The number of benzene rings is 1. The van der Waals surface area contributed by atoms with Crippen LogP contribution in [0.3, 0.4) is 0 Å². The van der Waals surface area contributed by atoms with E-state index in [1.165, 1.54) is 74.2 Å². The molecule has 29 heavy (non-hydrogen) atoms. The molecular weight excluding hydrogens is 382 g/mol. The summed E-state index contributed by atoms with van der Waals surface area (Å²) >= 11 is 1.41. The summed E-state index contributed by atoms with van der Waals surface area (Å²) in [5.74, 6) is 3.16. The van der Waals surface area contributed by atoms with Gasteiger partial charge < -0.3 is 14.5 Å². The zero-order valence-corrected chi connectivity index (χ0v) is 17.8. The second-order valence-corrected chi connectivity index (χ2v) is 10.8. The van der Waals surface area contributed by atoms with Gasteiger partial charge in [-0.1, -0.05) is 0 Å². The molecule has 5 nitrogen and oxygen atoms in total. The van der Waals surface area contributed by atoms with Crippen molar-refractivity contribution >= 4 is 27.5 Å². The molecule has 4 heterocycles. The van der Waals surface area contributed by atoms with Crippen LogP contribution in [0.1, 0.15) is 49.0 Å². The summed E-state index contributed by atoms with van der Waals surface area (Å²) in [5, 5.41) is 4.33. The normalized spacial score (nSPS) is 31.2. The van der Waals surface area contributed by atoms with Crippen molar-refractivity contribution in [3.63, 3.8) is 0 Å². The molecule has 7 rings (SSSR count). The molecule has 2 aromatic rings. The molecule has 2 aliphatic carbocycles. The van der Waals surface area contributed by atoms with Crippen LogP contribution in [0.25, 0.3) is 10.1 Å². The van der Waals surface area contributed by atoms with Gasteiger partial charge in [0.25, 0.3) is 5.91 Å². The van der Waals surface area contributed by atoms with Crippen LogP contribution < -0.4 is 10.1 Å². The Kier molecular flexibility index (Phi) is 4.34. The minimum atomic E-state index is -0.00100. The Balaban J connectivity index is 1.18. The lowest BCUT2D eigenvalue weighted by atomic mass is 9.81. The molecule has 2 saturated carbocycles. The number of hydrogen-bond acceptors (Lipinski definition) is 4. The van der Waals surface area contributed by atoms with Crippen molar-refractivity contribution in [3.8, 4) is 5.75 Å². The first-order valence-electron chi connectivity index (χ1n) is 11.4. The molecule has 0 spiro atoms. The van der Waals surface area contributed by atoms with Gasteiger partial charge in [-0.2, -0.15) is 4.37 Å². The van der Waals surface area contributed by atoms with E-state index in [9.17, 15) is 4.79 Å². The fourth-order valence-corrected chi connectivity index (χ4v) is 6.22. The van der Waals surface area contributed by atoms with Crippen molar-refractivity contribution in [2.75, 3.05) is 32.8 Å². The van der Waals surface area contributed by atoms with Gasteiger partial charge in [-0.05, 0) is 67.3 Å². The van der Waals surface area contributed by atoms with E-state index in [4.69, 9.17) is 4.74 Å². The topological polar surface area (TPSA) is 51.2 Å². The van der Waals surface area contributed by atoms with E-state index in [-0.39, 0.29) is 5.91 Å². The summed E-state index contributed by atoms with van der Waals surface area (Å²) in [6.45, 7) is 5.87. The summed E-state index contributed by atoms with van der Waals surface area (Å²) < 4.78 is 12.7. The summed E-state index contributed by atoms with van der Waals surface area (Å²) in [6, 6.07) is 6.35. The average Bonchev–Trinajstić information content (AvgIpc) is 3.66. The van der Waals surface area contributed by atoms with Crippen LogP contribution in [0.15, 0.2) is 18.2 Å². The highest BCUT2D eigenvalue weighted by atomic mass is 32.1. The third-order valence-electron chi connectivity index (χ3n) is 7.60. The summed E-state index contributed by atoms with van der Waals surface area (Å²) in [6.07, 6.45) is 7.90. The Morgan fingerprint density at radius 3 is 2.69 bits per heavy atom. The smallest absolute Gasteiger partial charge is 0.272 e. The van der Waals surface area contributed by atoms with Gasteiger partial charge in [0.05, 0.1) is 43.5 Å². The number of hydrogen-bond donors (Lipinski definition) is 1. The number of carbonyl (C=O) groups excluding carboxylic acids is 1. The standard InChI is InChI=1S/C23H29N3O2S/c27-23(24-20-13-26(12-15-1-2-15)9-7-17(20)8-10-26)22-19-11-18(28-14-16-3-4-16)5-6-21(19)29-25-22/h5-6,11,15-17,20H,1-4,7-10,12-14H2/p+1/t17?,20-,26?/m1/s1. The van der Waals surface area contributed by atoms with Gasteiger partial charge in [0.15, 0.2) is 0 Å². The Hall–Kier alpha value is -1.66. The van der Waals surface area contributed by atoms with Crippen molar-refractivity contribution in [3.05, 3.63) is 23.9 Å². The summed E-state index contributed by atoms with van der Waals surface area (Å²) in [7, 11) is 0. The molecule has 1 N–H and O–H groups in total. The lowest BCUT2D eigenvalue weighted by Gasteiger charge is -2.53. The predicted octanol–water partition coefficient (Wildman–Crippen LogP) is 3.83. The number of nitrogens with one attached hydrogen (secondary N) is 1. The number of nitrogens with zero attached hydrogens (tertiary/aromatic N) is 2. The molecule has 5 fully saturated rings. The first kappa shape index (κ1) is 18.1. The third kappa shape index (κ3) is 3.66. The largest absolute Gasteiger partial charge is 0.493 e. The molecule has 0 unspecified atom stereocenters. The van der Waals surface area contributed by atoms with Gasteiger partial charge in [0.1, 0.15) is 11.4 Å². The molecule has 1 atom stereocenters. The van der Waals surface area contributed by atoms with Crippen LogP contribution in [0.5, 0.6) is 5.75 Å². The molecule has 3 aliphatic heterocycles. The number of quaternary nitrogens is 1. The fourth-order valence-electron chi connectivity index (χ4n) is 5.46. The quantitative estimate of drug-likeness (QED) is 0.703. The number of aromatic nitrogens is 1. The Morgan fingerprint density at radius 1 is 1.14 bits per heavy atom. The predicted molar refractivity (Wildman–Crippen MR) is 114 cm³/mol. The fraction of sp³-hybridized carbons (Fsp3) is 0.652. The average molecular weight is 413 g/mol. The number of fused-ring (bicyclic) bond motifs is 4. The van der Waals surface area contributed by atoms with Crippen LogP contribution in [0, 0.1) is 17.8 Å². The molecule has 154 valence electrons. The second kappa shape index (κ2) is 6.95. The van der Waals surface area contributed by atoms with E-state index in [1.807, 2.05) is 18.2 Å². The number of piperidine rings is 3. The number of carbonyl (C=O) groups is 1. The molecule has 5 aliphatic rings. The van der Waals surface area contributed by atoms with E-state index in [2.05, 4.69) is 9.69 Å². The maximum Gasteiger partial charge on any atom is 0.272 e. The van der Waals surface area contributed by atoms with Crippen molar-refractivity contribution in [2.24, 2.45) is 17.8 Å². The van der Waals surface area contributed by atoms with Gasteiger partial charge >= 0.3 is 0 Å². The molecule has 1 amide bonds. The van der Waals surface area contributed by atoms with Crippen LogP contribution >= 0.6 is 11.5 Å². The van der Waals surface area contributed by atoms with E-state index >= 15 is 0 Å². The Labute approximate surface area is 176 Å². The van der Waals surface area contributed by atoms with Crippen LogP contribution in [0.2, 0.25) is 0 Å². The zero-order valence-electron chi connectivity index (χ0n) is 16.9. The number of ether oxygens (including phenoxy) is 1. The van der Waals surface area contributed by atoms with Crippen LogP contribution in [-0.2, 0) is 0 Å². The highest BCUT2D eigenvalue weighted by Crippen LogP contribution is 2.40. The molecule has 3 saturated heterocycles. The third-order valence-corrected chi connectivity index (χ3v) is 8.43. The molecule has 0 radical (unpaired) electrons. The van der Waals surface area contributed by atoms with Crippen molar-refractivity contribution < 1.29 is 14.0 Å². The highest BCUT2D eigenvalue weighted by molar-refractivity contribution is 7.13. The van der Waals surface area contributed by atoms with Crippen molar-refractivity contribution in [2.45, 2.75) is 44.6 Å². The van der Waals surface area contributed by atoms with E-state index < -0.39 is 0 Å². The summed E-state index contributed by atoms with van der Waals surface area (Å²) in [4.78, 5) is 13.2. The van der Waals surface area contributed by atoms with E-state index in [1.54, 1.807) is 0 Å². The minimum absolute atomic E-state index is 0.00100. The van der Waals surface area contributed by atoms with Gasteiger partial charge in [-0.25, -0.2) is 0 Å². The van der Waals surface area contributed by atoms with Crippen molar-refractivity contribution in [1.29, 1.82) is 0 Å². The Morgan fingerprint density at radius 2 is 1.93 bits per heavy atom. The molecule has 2 bridgehead atoms. The molecule has 1 aromatic heterocycles. The SMILES string of the molecule is O=C(N[C@@H]1C[N+]2(CC3CC3)CCC1CC2)c1nsc2ccc(OCC3CC3)cc12. The van der Waals surface area contributed by atoms with Crippen LogP contribution in [0.4, 0.5) is 0 Å². The molecular formula is C23H30N3O2S+. The summed E-state index contributed by atoms with van der Waals surface area (Å²) in [5.41, 5.74) is 0.576. The number of amides is 1. The second-order valence-electron chi connectivity index (χ2n) is 9.96. The monoisotopic (exact) mass is 412 g/mol. The first-order chi connectivity index (χ1) is 14.2. The van der Waals surface area contributed by atoms with Crippen molar-refractivity contribution in [1.82, 2.24) is 9.69 Å². The van der Waals surface area contributed by atoms with Gasteiger partial charge in [-0.15, -0.1) is 0 Å². The van der Waals surface area contributed by atoms with Crippen LogP contribution in [-0.4, -0.2) is 53.6 Å². The molecule has 1 aromatic carbocycles. The number of rotatable bonds is 7. The maximum absolute atomic E-state index is 13.2. The van der Waals surface area contributed by atoms with E-state index in [0.29, 0.717) is 17.7 Å². The van der Waals surface area contributed by atoms with Gasteiger partial charge in [0.2, 0.25) is 0 Å². The lowest BCUT2D eigenvalue weighted by Crippen LogP contribution is -2.67. The lowest BCUT2D eigenvalue weighted by molar-refractivity contribution is -0.945. The first-order valence-corrected chi connectivity index (χ1v) is 12.1.